The predicted octanol–water partition coefficient (Wildman–Crippen LogP) is 2.74. The van der Waals surface area contributed by atoms with E-state index in [1.807, 2.05) is 0 Å². The van der Waals surface area contributed by atoms with Crippen molar-refractivity contribution in [2.75, 3.05) is 0 Å². The third kappa shape index (κ3) is 1.69. The van der Waals surface area contributed by atoms with E-state index in [1.165, 1.54) is 11.1 Å². The molecule has 0 fully saturated rings. The van der Waals surface area contributed by atoms with Gasteiger partial charge in [-0.3, -0.25) is 4.99 Å². The Balaban J connectivity index is 2.32. The van der Waals surface area contributed by atoms with Gasteiger partial charge in [0, 0.05) is 0 Å². The van der Waals surface area contributed by atoms with Crippen molar-refractivity contribution >= 4 is 5.71 Å². The van der Waals surface area contributed by atoms with Crippen LogP contribution in [-0.4, -0.2) is 11.8 Å². The summed E-state index contributed by atoms with van der Waals surface area (Å²) >= 11 is 0. The second-order valence-corrected chi connectivity index (χ2v) is 3.48. The number of nitrogens with zero attached hydrogens (tertiary/aromatic N) is 1. The molecule has 1 aromatic carbocycles. The molecule has 0 radical (unpaired) electrons. The lowest BCUT2D eigenvalue weighted by Crippen LogP contribution is -1.95. The first-order valence-corrected chi connectivity index (χ1v) is 4.59. The SMILES string of the molecule is Cc1ccc(C2=NC(C)C=C2)cc1. The maximum absolute atomic E-state index is 4.49. The average molecular weight is 171 g/mol. The molecule has 1 unspecified atom stereocenters. The zero-order valence-electron chi connectivity index (χ0n) is 7.99. The highest BCUT2D eigenvalue weighted by Gasteiger charge is 2.06. The number of hydrogen-bond acceptors (Lipinski definition) is 1. The summed E-state index contributed by atoms with van der Waals surface area (Å²) in [5.41, 5.74) is 3.61. The van der Waals surface area contributed by atoms with E-state index >= 15 is 0 Å². The molecule has 0 saturated heterocycles. The molecule has 1 heteroatoms. The second-order valence-electron chi connectivity index (χ2n) is 3.48. The van der Waals surface area contributed by atoms with E-state index in [2.05, 4.69) is 55.3 Å². The van der Waals surface area contributed by atoms with Crippen LogP contribution in [0.25, 0.3) is 0 Å². The first-order valence-electron chi connectivity index (χ1n) is 4.59. The van der Waals surface area contributed by atoms with Crippen LogP contribution in [0.5, 0.6) is 0 Å². The number of allylic oxidation sites excluding steroid dienone is 1. The quantitative estimate of drug-likeness (QED) is 0.616. The second kappa shape index (κ2) is 3.17. The molecule has 0 amide bonds. The molecule has 13 heavy (non-hydrogen) atoms. The molecule has 1 aliphatic heterocycles. The predicted molar refractivity (Wildman–Crippen MR) is 56.3 cm³/mol. The molecule has 1 atom stereocenters. The Labute approximate surface area is 78.8 Å². The van der Waals surface area contributed by atoms with E-state index in [9.17, 15) is 0 Å². The van der Waals surface area contributed by atoms with Crippen LogP contribution in [0, 0.1) is 6.92 Å². The van der Waals surface area contributed by atoms with Crippen molar-refractivity contribution in [3.8, 4) is 0 Å². The lowest BCUT2D eigenvalue weighted by atomic mass is 10.1. The van der Waals surface area contributed by atoms with E-state index < -0.39 is 0 Å². The zero-order valence-corrected chi connectivity index (χ0v) is 7.99. The minimum absolute atomic E-state index is 0.344. The van der Waals surface area contributed by atoms with Crippen LogP contribution in [0.1, 0.15) is 18.1 Å². The molecule has 0 N–H and O–H groups in total. The molecule has 1 aliphatic rings. The van der Waals surface area contributed by atoms with Crippen molar-refractivity contribution in [2.45, 2.75) is 19.9 Å². The first kappa shape index (κ1) is 8.24. The van der Waals surface area contributed by atoms with E-state index in [0.717, 1.165) is 5.71 Å². The molecule has 1 aromatic rings. The zero-order chi connectivity index (χ0) is 9.26. The van der Waals surface area contributed by atoms with Gasteiger partial charge >= 0.3 is 0 Å². The Morgan fingerprint density at radius 3 is 2.38 bits per heavy atom. The summed E-state index contributed by atoms with van der Waals surface area (Å²) in [5, 5.41) is 0. The molecule has 1 heterocycles. The fourth-order valence-electron chi connectivity index (χ4n) is 1.43. The third-order valence-corrected chi connectivity index (χ3v) is 2.22. The van der Waals surface area contributed by atoms with Crippen LogP contribution in [0.2, 0.25) is 0 Å². The van der Waals surface area contributed by atoms with Crippen molar-refractivity contribution in [2.24, 2.45) is 4.99 Å². The van der Waals surface area contributed by atoms with Crippen LogP contribution >= 0.6 is 0 Å². The Hall–Kier alpha value is -1.37. The smallest absolute Gasteiger partial charge is 0.0662 e. The monoisotopic (exact) mass is 171 g/mol. The Morgan fingerprint density at radius 1 is 1.15 bits per heavy atom. The van der Waals surface area contributed by atoms with Gasteiger partial charge in [0.2, 0.25) is 0 Å². The highest BCUT2D eigenvalue weighted by atomic mass is 14.8. The van der Waals surface area contributed by atoms with Crippen molar-refractivity contribution in [3.05, 3.63) is 47.5 Å². The molecule has 0 aromatic heterocycles. The van der Waals surface area contributed by atoms with Crippen LogP contribution in [0.15, 0.2) is 41.4 Å². The van der Waals surface area contributed by atoms with Gasteiger partial charge in [-0.05, 0) is 25.5 Å². The van der Waals surface area contributed by atoms with Gasteiger partial charge in [0.1, 0.15) is 0 Å². The number of hydrogen-bond donors (Lipinski definition) is 0. The molecule has 0 bridgehead atoms. The summed E-state index contributed by atoms with van der Waals surface area (Å²) in [6, 6.07) is 8.83. The lowest BCUT2D eigenvalue weighted by molar-refractivity contribution is 0.947. The molecule has 2 rings (SSSR count). The van der Waals surface area contributed by atoms with Gasteiger partial charge in [-0.25, -0.2) is 0 Å². The average Bonchev–Trinajstić information content (AvgIpc) is 2.53. The maximum Gasteiger partial charge on any atom is 0.0662 e. The number of benzene rings is 1. The fraction of sp³-hybridized carbons (Fsp3) is 0.250. The highest BCUT2D eigenvalue weighted by Crippen LogP contribution is 2.12. The van der Waals surface area contributed by atoms with Crippen LogP contribution in [0.4, 0.5) is 0 Å². The number of aryl methyl sites for hydroxylation is 1. The lowest BCUT2D eigenvalue weighted by Gasteiger charge is -1.99. The van der Waals surface area contributed by atoms with Crippen LogP contribution in [-0.2, 0) is 0 Å². The summed E-state index contributed by atoms with van der Waals surface area (Å²) in [7, 11) is 0. The minimum Gasteiger partial charge on any atom is -0.278 e. The summed E-state index contributed by atoms with van der Waals surface area (Å²) in [4.78, 5) is 4.49. The molecule has 0 saturated carbocycles. The summed E-state index contributed by atoms with van der Waals surface area (Å²) < 4.78 is 0. The van der Waals surface area contributed by atoms with Gasteiger partial charge in [-0.2, -0.15) is 0 Å². The molecule has 1 nitrogen and oxygen atoms in total. The number of rotatable bonds is 1. The largest absolute Gasteiger partial charge is 0.278 e. The van der Waals surface area contributed by atoms with Crippen molar-refractivity contribution in [3.63, 3.8) is 0 Å². The summed E-state index contributed by atoms with van der Waals surface area (Å²) in [6.07, 6.45) is 4.21. The molecule has 0 spiro atoms. The van der Waals surface area contributed by atoms with E-state index in [1.54, 1.807) is 0 Å². The van der Waals surface area contributed by atoms with Gasteiger partial charge in [0.05, 0.1) is 11.8 Å². The summed E-state index contributed by atoms with van der Waals surface area (Å²) in [6.45, 7) is 4.19. The van der Waals surface area contributed by atoms with Crippen LogP contribution in [0.3, 0.4) is 0 Å². The van der Waals surface area contributed by atoms with Crippen molar-refractivity contribution < 1.29 is 0 Å². The van der Waals surface area contributed by atoms with Gasteiger partial charge in [0.25, 0.3) is 0 Å². The Kier molecular flexibility index (Phi) is 2.01. The van der Waals surface area contributed by atoms with Gasteiger partial charge in [-0.15, -0.1) is 0 Å². The molecule has 0 aliphatic carbocycles. The van der Waals surface area contributed by atoms with E-state index in [4.69, 9.17) is 0 Å². The van der Waals surface area contributed by atoms with Crippen molar-refractivity contribution in [1.29, 1.82) is 0 Å². The highest BCUT2D eigenvalue weighted by molar-refractivity contribution is 6.10. The van der Waals surface area contributed by atoms with Crippen LogP contribution < -0.4 is 0 Å². The first-order chi connectivity index (χ1) is 6.25. The maximum atomic E-state index is 4.49. The third-order valence-electron chi connectivity index (χ3n) is 2.22. The normalized spacial score (nSPS) is 20.5. The van der Waals surface area contributed by atoms with Gasteiger partial charge in [-0.1, -0.05) is 35.9 Å². The topological polar surface area (TPSA) is 12.4 Å². The van der Waals surface area contributed by atoms with E-state index in [-0.39, 0.29) is 0 Å². The fourth-order valence-corrected chi connectivity index (χ4v) is 1.43. The Bertz CT molecular complexity index is 357. The standard InChI is InChI=1S/C12H13N/c1-9-3-6-11(7-4-9)12-8-5-10(2)13-12/h3-8,10H,1-2H3. The Morgan fingerprint density at radius 2 is 1.85 bits per heavy atom. The van der Waals surface area contributed by atoms with Gasteiger partial charge in [0.15, 0.2) is 0 Å². The number of aliphatic imine (C=N–C) groups is 1. The molecular formula is C12H13N. The summed E-state index contributed by atoms with van der Waals surface area (Å²) in [5.74, 6) is 0. The van der Waals surface area contributed by atoms with Crippen molar-refractivity contribution in [1.82, 2.24) is 0 Å². The van der Waals surface area contributed by atoms with Gasteiger partial charge < -0.3 is 0 Å². The molecule has 66 valence electrons. The molecular weight excluding hydrogens is 158 g/mol. The minimum atomic E-state index is 0.344. The van der Waals surface area contributed by atoms with E-state index in [0.29, 0.717) is 6.04 Å².